The molecule has 1 saturated heterocycles. The van der Waals surface area contributed by atoms with E-state index in [0.29, 0.717) is 12.6 Å². The van der Waals surface area contributed by atoms with E-state index in [9.17, 15) is 4.79 Å². The van der Waals surface area contributed by atoms with Gasteiger partial charge in [-0.15, -0.1) is 11.3 Å². The number of benzene rings is 1. The molecule has 1 fully saturated rings. The third-order valence-corrected chi connectivity index (χ3v) is 5.31. The Bertz CT molecular complexity index is 622. The molecule has 3 rings (SSSR count). The van der Waals surface area contributed by atoms with Gasteiger partial charge in [-0.1, -0.05) is 18.2 Å². The number of likely N-dealkylation sites (tertiary alicyclic amines) is 1. The lowest BCUT2D eigenvalue weighted by molar-refractivity contribution is 0.158. The van der Waals surface area contributed by atoms with Crippen LogP contribution < -0.4 is 5.32 Å². The van der Waals surface area contributed by atoms with Gasteiger partial charge in [0.25, 0.3) is 0 Å². The van der Waals surface area contributed by atoms with Crippen LogP contribution >= 0.6 is 11.3 Å². The lowest BCUT2D eigenvalue weighted by atomic mass is 10.0. The number of hydrogen-bond donors (Lipinski definition) is 1. The normalized spacial score (nSPS) is 18.9. The first kappa shape index (κ1) is 14.4. The van der Waals surface area contributed by atoms with Crippen molar-refractivity contribution in [3.8, 4) is 0 Å². The molecule has 112 valence electrons. The summed E-state index contributed by atoms with van der Waals surface area (Å²) in [5, 5.41) is 6.61. The molecule has 2 amide bonds. The first-order valence-electron chi connectivity index (χ1n) is 7.75. The molecule has 3 nitrogen and oxygen atoms in total. The Morgan fingerprint density at radius 2 is 2.24 bits per heavy atom. The Hall–Kier alpha value is -1.55. The van der Waals surface area contributed by atoms with Crippen molar-refractivity contribution < 1.29 is 4.79 Å². The minimum Gasteiger partial charge on any atom is -0.338 e. The summed E-state index contributed by atoms with van der Waals surface area (Å²) < 4.78 is 1.32. The number of fused-ring (bicyclic) bond motifs is 1. The Balaban J connectivity index is 1.55. The fourth-order valence-electron chi connectivity index (χ4n) is 3.03. The van der Waals surface area contributed by atoms with Crippen molar-refractivity contribution in [2.24, 2.45) is 0 Å². The van der Waals surface area contributed by atoms with Crippen molar-refractivity contribution >= 4 is 27.5 Å². The van der Waals surface area contributed by atoms with Gasteiger partial charge in [-0.3, -0.25) is 0 Å². The number of rotatable bonds is 3. The van der Waals surface area contributed by atoms with Gasteiger partial charge in [0.15, 0.2) is 0 Å². The molecule has 1 unspecified atom stereocenters. The second-order valence-electron chi connectivity index (χ2n) is 5.78. The summed E-state index contributed by atoms with van der Waals surface area (Å²) in [6, 6.07) is 8.93. The number of carbonyl (C=O) groups excluding carboxylic acids is 1. The molecule has 1 aromatic heterocycles. The molecule has 0 saturated carbocycles. The molecule has 1 aromatic carbocycles. The molecule has 2 aromatic rings. The van der Waals surface area contributed by atoms with Crippen LogP contribution in [0.2, 0.25) is 0 Å². The van der Waals surface area contributed by atoms with Crippen LogP contribution in [0.4, 0.5) is 4.79 Å². The number of amides is 2. The molecule has 0 radical (unpaired) electrons. The lowest BCUT2D eigenvalue weighted by Gasteiger charge is -2.33. The van der Waals surface area contributed by atoms with Crippen LogP contribution in [0.3, 0.4) is 0 Å². The van der Waals surface area contributed by atoms with Gasteiger partial charge in [0.05, 0.1) is 0 Å². The van der Waals surface area contributed by atoms with E-state index in [-0.39, 0.29) is 6.03 Å². The molecule has 1 N–H and O–H groups in total. The highest BCUT2D eigenvalue weighted by atomic mass is 32.1. The standard InChI is InChI=1S/C17H22N2OS/c1-13-6-4-5-11-19(13)17(20)18-10-9-14-12-21-16-8-3-2-7-15(14)16/h2-3,7-8,12-13H,4-6,9-11H2,1H3,(H,18,20). The van der Waals surface area contributed by atoms with Gasteiger partial charge >= 0.3 is 6.03 Å². The minimum atomic E-state index is 0.0988. The van der Waals surface area contributed by atoms with E-state index < -0.39 is 0 Å². The van der Waals surface area contributed by atoms with Crippen LogP contribution in [0, 0.1) is 0 Å². The van der Waals surface area contributed by atoms with E-state index in [4.69, 9.17) is 0 Å². The van der Waals surface area contributed by atoms with Gasteiger partial charge in [0.2, 0.25) is 0 Å². The highest BCUT2D eigenvalue weighted by Crippen LogP contribution is 2.25. The summed E-state index contributed by atoms with van der Waals surface area (Å²) >= 11 is 1.78. The fraction of sp³-hybridized carbons (Fsp3) is 0.471. The van der Waals surface area contributed by atoms with E-state index in [1.807, 2.05) is 4.90 Å². The monoisotopic (exact) mass is 302 g/mol. The number of nitrogens with one attached hydrogen (secondary N) is 1. The zero-order chi connectivity index (χ0) is 14.7. The average Bonchev–Trinajstić information content (AvgIpc) is 2.91. The van der Waals surface area contributed by atoms with E-state index >= 15 is 0 Å². The number of piperidine rings is 1. The predicted molar refractivity (Wildman–Crippen MR) is 88.9 cm³/mol. The molecular formula is C17H22N2OS. The van der Waals surface area contributed by atoms with E-state index in [2.05, 4.69) is 41.9 Å². The maximum atomic E-state index is 12.2. The van der Waals surface area contributed by atoms with Gasteiger partial charge in [-0.25, -0.2) is 4.79 Å². The molecule has 0 spiro atoms. The molecule has 0 aliphatic carbocycles. The van der Waals surface area contributed by atoms with Gasteiger partial charge in [0, 0.05) is 23.8 Å². The zero-order valence-electron chi connectivity index (χ0n) is 12.5. The van der Waals surface area contributed by atoms with Gasteiger partial charge in [-0.05, 0) is 55.0 Å². The van der Waals surface area contributed by atoms with Crippen LogP contribution in [0.1, 0.15) is 31.7 Å². The van der Waals surface area contributed by atoms with Crippen LogP contribution in [-0.4, -0.2) is 30.1 Å². The number of carbonyl (C=O) groups is 1. The summed E-state index contributed by atoms with van der Waals surface area (Å²) in [5.41, 5.74) is 1.34. The molecule has 2 heterocycles. The highest BCUT2D eigenvalue weighted by Gasteiger charge is 2.22. The maximum absolute atomic E-state index is 12.2. The summed E-state index contributed by atoms with van der Waals surface area (Å²) in [5.74, 6) is 0. The molecule has 4 heteroatoms. The van der Waals surface area contributed by atoms with Crippen molar-refractivity contribution in [3.05, 3.63) is 35.2 Å². The molecule has 21 heavy (non-hydrogen) atoms. The quantitative estimate of drug-likeness (QED) is 0.912. The largest absolute Gasteiger partial charge is 0.338 e. The van der Waals surface area contributed by atoms with Gasteiger partial charge in [0.1, 0.15) is 0 Å². The Morgan fingerprint density at radius 3 is 3.10 bits per heavy atom. The van der Waals surface area contributed by atoms with Crippen LogP contribution in [0.15, 0.2) is 29.6 Å². The Morgan fingerprint density at radius 1 is 1.38 bits per heavy atom. The predicted octanol–water partition coefficient (Wildman–Crippen LogP) is 4.03. The summed E-state index contributed by atoms with van der Waals surface area (Å²) in [6.45, 7) is 3.75. The maximum Gasteiger partial charge on any atom is 0.317 e. The van der Waals surface area contributed by atoms with E-state index in [1.165, 1.54) is 22.1 Å². The van der Waals surface area contributed by atoms with Crippen LogP contribution in [0.5, 0.6) is 0 Å². The average molecular weight is 302 g/mol. The smallest absolute Gasteiger partial charge is 0.317 e. The van der Waals surface area contributed by atoms with E-state index in [1.54, 1.807) is 11.3 Å². The van der Waals surface area contributed by atoms with Gasteiger partial charge < -0.3 is 10.2 Å². The first-order valence-corrected chi connectivity index (χ1v) is 8.63. The lowest BCUT2D eigenvalue weighted by Crippen LogP contribution is -2.47. The number of hydrogen-bond acceptors (Lipinski definition) is 2. The second kappa shape index (κ2) is 6.48. The van der Waals surface area contributed by atoms with Crippen molar-refractivity contribution in [1.82, 2.24) is 10.2 Å². The number of thiophene rings is 1. The van der Waals surface area contributed by atoms with Crippen LogP contribution in [0.25, 0.3) is 10.1 Å². The summed E-state index contributed by atoms with van der Waals surface area (Å²) in [6.07, 6.45) is 4.40. The molecule has 0 bridgehead atoms. The third kappa shape index (κ3) is 3.21. The SMILES string of the molecule is CC1CCCCN1C(=O)NCCc1csc2ccccc12. The number of nitrogens with zero attached hydrogens (tertiary/aromatic N) is 1. The van der Waals surface area contributed by atoms with Gasteiger partial charge in [-0.2, -0.15) is 0 Å². The Labute approximate surface area is 130 Å². The minimum absolute atomic E-state index is 0.0988. The summed E-state index contributed by atoms with van der Waals surface area (Å²) in [4.78, 5) is 14.2. The van der Waals surface area contributed by atoms with Crippen LogP contribution in [-0.2, 0) is 6.42 Å². The Kier molecular flexibility index (Phi) is 4.44. The first-order chi connectivity index (χ1) is 10.3. The molecule has 1 aliphatic heterocycles. The van der Waals surface area contributed by atoms with E-state index in [0.717, 1.165) is 25.8 Å². The highest BCUT2D eigenvalue weighted by molar-refractivity contribution is 7.17. The summed E-state index contributed by atoms with van der Waals surface area (Å²) in [7, 11) is 0. The topological polar surface area (TPSA) is 32.3 Å². The zero-order valence-corrected chi connectivity index (χ0v) is 13.3. The van der Waals surface area contributed by atoms with Crippen molar-refractivity contribution in [2.45, 2.75) is 38.6 Å². The third-order valence-electron chi connectivity index (χ3n) is 4.30. The molecule has 1 atom stereocenters. The molecule has 1 aliphatic rings. The van der Waals surface area contributed by atoms with Crippen molar-refractivity contribution in [2.75, 3.05) is 13.1 Å². The molecular weight excluding hydrogens is 280 g/mol. The second-order valence-corrected chi connectivity index (χ2v) is 6.69. The fourth-order valence-corrected chi connectivity index (χ4v) is 4.03. The van der Waals surface area contributed by atoms with Crippen molar-refractivity contribution in [3.63, 3.8) is 0 Å². The number of urea groups is 1. The van der Waals surface area contributed by atoms with Crippen molar-refractivity contribution in [1.29, 1.82) is 0 Å².